The topological polar surface area (TPSA) is 111 Å². The van der Waals surface area contributed by atoms with Gasteiger partial charge in [-0.15, -0.1) is 0 Å². The van der Waals surface area contributed by atoms with Crippen LogP contribution < -0.4 is 5.32 Å². The Balaban J connectivity index is 1.72. The van der Waals surface area contributed by atoms with Gasteiger partial charge in [0.15, 0.2) is 12.4 Å². The molecule has 0 bridgehead atoms. The SMILES string of the molecule is Cc1cc(NC(=O)C[N+]2=CN=C3C2C(=O)N(C)C(=O)N3C)no1. The standard InChI is InChI=1S/C13H14N6O4/c1-7-4-8(16-23-7)15-9(20)5-19-6-14-11-10(19)12(21)18(3)13(22)17(11)2/h4,6,10H,5H2,1-3H3/p+1. The van der Waals surface area contributed by atoms with E-state index < -0.39 is 18.0 Å². The van der Waals surface area contributed by atoms with Gasteiger partial charge in [0, 0.05) is 20.2 Å². The van der Waals surface area contributed by atoms with Crippen LogP contribution in [0.15, 0.2) is 15.6 Å². The highest BCUT2D eigenvalue weighted by Crippen LogP contribution is 2.16. The van der Waals surface area contributed by atoms with Crippen LogP contribution in [0.5, 0.6) is 0 Å². The van der Waals surface area contributed by atoms with E-state index in [9.17, 15) is 14.4 Å². The van der Waals surface area contributed by atoms with Crippen LogP contribution in [-0.2, 0) is 9.59 Å². The lowest BCUT2D eigenvalue weighted by atomic mass is 10.1. The number of amides is 4. The number of nitrogens with zero attached hydrogens (tertiary/aromatic N) is 5. The molecule has 3 heterocycles. The van der Waals surface area contributed by atoms with Gasteiger partial charge in [-0.05, 0) is 11.9 Å². The van der Waals surface area contributed by atoms with E-state index in [-0.39, 0.29) is 12.5 Å². The summed E-state index contributed by atoms with van der Waals surface area (Å²) in [5.41, 5.74) is 0. The average Bonchev–Trinajstić information content (AvgIpc) is 3.09. The van der Waals surface area contributed by atoms with Crippen LogP contribution in [0.3, 0.4) is 0 Å². The van der Waals surface area contributed by atoms with Gasteiger partial charge in [0.25, 0.3) is 30.0 Å². The molecule has 2 aliphatic rings. The van der Waals surface area contributed by atoms with E-state index in [4.69, 9.17) is 4.52 Å². The van der Waals surface area contributed by atoms with Crippen molar-refractivity contribution in [1.82, 2.24) is 15.0 Å². The van der Waals surface area contributed by atoms with Gasteiger partial charge in [-0.1, -0.05) is 5.16 Å². The number of amidine groups is 1. The highest BCUT2D eigenvalue weighted by atomic mass is 16.5. The molecule has 0 spiro atoms. The summed E-state index contributed by atoms with van der Waals surface area (Å²) in [6, 6.07) is 0.342. The van der Waals surface area contributed by atoms with Crippen molar-refractivity contribution in [3.8, 4) is 0 Å². The molecule has 120 valence electrons. The molecule has 4 amide bonds. The quantitative estimate of drug-likeness (QED) is 0.738. The van der Waals surface area contributed by atoms with Crippen LogP contribution in [-0.4, -0.2) is 76.2 Å². The molecule has 1 N–H and O–H groups in total. The summed E-state index contributed by atoms with van der Waals surface area (Å²) in [7, 11) is 2.93. The molecular formula is C13H15N6O4+. The molecule has 1 saturated heterocycles. The van der Waals surface area contributed by atoms with Crippen molar-refractivity contribution < 1.29 is 23.5 Å². The third-order valence-corrected chi connectivity index (χ3v) is 3.62. The molecule has 1 fully saturated rings. The summed E-state index contributed by atoms with van der Waals surface area (Å²) in [4.78, 5) is 42.6. The summed E-state index contributed by atoms with van der Waals surface area (Å²) in [5.74, 6) is 0.380. The van der Waals surface area contributed by atoms with E-state index in [1.807, 2.05) is 0 Å². The maximum Gasteiger partial charge on any atom is 0.333 e. The maximum atomic E-state index is 12.3. The van der Waals surface area contributed by atoms with Gasteiger partial charge in [-0.25, -0.2) is 9.37 Å². The van der Waals surface area contributed by atoms with Gasteiger partial charge in [-0.2, -0.15) is 0 Å². The third-order valence-electron chi connectivity index (χ3n) is 3.62. The summed E-state index contributed by atoms with van der Waals surface area (Å²) in [6.07, 6.45) is 1.38. The zero-order chi connectivity index (χ0) is 16.7. The summed E-state index contributed by atoms with van der Waals surface area (Å²) in [6.45, 7) is 1.60. The molecule has 1 aromatic rings. The molecule has 3 rings (SSSR count). The number of imide groups is 1. The number of likely N-dealkylation sites (N-methyl/N-ethyl adjacent to an activating group) is 2. The van der Waals surface area contributed by atoms with Crippen molar-refractivity contribution in [2.75, 3.05) is 26.0 Å². The number of nitrogens with one attached hydrogen (secondary N) is 1. The van der Waals surface area contributed by atoms with Crippen molar-refractivity contribution in [2.24, 2.45) is 4.99 Å². The number of hydrogen-bond acceptors (Lipinski definition) is 6. The van der Waals surface area contributed by atoms with Gasteiger partial charge in [0.1, 0.15) is 5.76 Å². The second kappa shape index (κ2) is 5.30. The Kier molecular flexibility index (Phi) is 3.43. The second-order valence-corrected chi connectivity index (χ2v) is 5.29. The zero-order valence-electron chi connectivity index (χ0n) is 12.8. The van der Waals surface area contributed by atoms with Crippen molar-refractivity contribution >= 4 is 35.8 Å². The Morgan fingerprint density at radius 2 is 2.13 bits per heavy atom. The molecular weight excluding hydrogens is 304 g/mol. The number of urea groups is 1. The normalized spacial score (nSPS) is 20.4. The number of fused-ring (bicyclic) bond motifs is 1. The molecule has 0 saturated carbocycles. The van der Waals surface area contributed by atoms with Gasteiger partial charge in [-0.3, -0.25) is 19.4 Å². The van der Waals surface area contributed by atoms with Crippen LogP contribution in [0.4, 0.5) is 10.6 Å². The third kappa shape index (κ3) is 2.47. The minimum absolute atomic E-state index is 0.106. The van der Waals surface area contributed by atoms with Crippen molar-refractivity contribution in [2.45, 2.75) is 13.0 Å². The first-order valence-corrected chi connectivity index (χ1v) is 6.83. The summed E-state index contributed by atoms with van der Waals surface area (Å²) < 4.78 is 6.34. The lowest BCUT2D eigenvalue weighted by Crippen LogP contribution is -2.61. The zero-order valence-corrected chi connectivity index (χ0v) is 12.8. The first-order valence-electron chi connectivity index (χ1n) is 6.83. The molecule has 23 heavy (non-hydrogen) atoms. The molecule has 10 heteroatoms. The number of anilines is 1. The molecule has 0 radical (unpaired) electrons. The van der Waals surface area contributed by atoms with Crippen LogP contribution in [0.25, 0.3) is 0 Å². The van der Waals surface area contributed by atoms with E-state index >= 15 is 0 Å². The molecule has 0 aliphatic carbocycles. The Hall–Kier alpha value is -3.04. The van der Waals surface area contributed by atoms with Crippen LogP contribution in [0, 0.1) is 6.92 Å². The van der Waals surface area contributed by atoms with E-state index in [1.165, 1.54) is 29.9 Å². The van der Waals surface area contributed by atoms with Gasteiger partial charge < -0.3 is 9.84 Å². The van der Waals surface area contributed by atoms with Gasteiger partial charge >= 0.3 is 6.03 Å². The Morgan fingerprint density at radius 1 is 1.39 bits per heavy atom. The number of rotatable bonds is 3. The fraction of sp³-hybridized carbons (Fsp3) is 0.385. The molecule has 1 unspecified atom stereocenters. The fourth-order valence-electron chi connectivity index (χ4n) is 2.45. The van der Waals surface area contributed by atoms with Crippen LogP contribution in [0.2, 0.25) is 0 Å². The van der Waals surface area contributed by atoms with Gasteiger partial charge in [0.2, 0.25) is 0 Å². The van der Waals surface area contributed by atoms with E-state index in [2.05, 4.69) is 15.5 Å². The highest BCUT2D eigenvalue weighted by molar-refractivity contribution is 6.21. The largest absolute Gasteiger partial charge is 0.360 e. The van der Waals surface area contributed by atoms with E-state index in [1.54, 1.807) is 13.0 Å². The number of carbonyl (C=O) groups excluding carboxylic acids is 3. The Morgan fingerprint density at radius 3 is 2.78 bits per heavy atom. The average molecular weight is 319 g/mol. The van der Waals surface area contributed by atoms with Crippen LogP contribution in [0.1, 0.15) is 5.76 Å². The Labute approximate surface area is 131 Å². The predicted molar refractivity (Wildman–Crippen MR) is 78.2 cm³/mol. The van der Waals surface area contributed by atoms with Crippen LogP contribution >= 0.6 is 0 Å². The number of carbonyl (C=O) groups is 3. The number of hydrogen-bond donors (Lipinski definition) is 1. The summed E-state index contributed by atoms with van der Waals surface area (Å²) in [5, 5.41) is 6.24. The number of aliphatic imine (C=N–C) groups is 1. The highest BCUT2D eigenvalue weighted by Gasteiger charge is 2.50. The lowest BCUT2D eigenvalue weighted by Gasteiger charge is -2.30. The van der Waals surface area contributed by atoms with Crippen molar-refractivity contribution in [1.29, 1.82) is 0 Å². The lowest BCUT2D eigenvalue weighted by molar-refractivity contribution is -0.519. The van der Waals surface area contributed by atoms with Crippen molar-refractivity contribution in [3.05, 3.63) is 11.8 Å². The second-order valence-electron chi connectivity index (χ2n) is 5.29. The molecule has 1 aromatic heterocycles. The minimum atomic E-state index is -0.785. The molecule has 2 aliphatic heterocycles. The number of aromatic nitrogens is 1. The smallest absolute Gasteiger partial charge is 0.333 e. The monoisotopic (exact) mass is 319 g/mol. The minimum Gasteiger partial charge on any atom is -0.360 e. The summed E-state index contributed by atoms with van der Waals surface area (Å²) >= 11 is 0. The van der Waals surface area contributed by atoms with Crippen molar-refractivity contribution in [3.63, 3.8) is 0 Å². The Bertz CT molecular complexity index is 764. The molecule has 0 aromatic carbocycles. The van der Waals surface area contributed by atoms with Gasteiger partial charge in [0.05, 0.1) is 0 Å². The maximum absolute atomic E-state index is 12.3. The van der Waals surface area contributed by atoms with E-state index in [0.29, 0.717) is 17.4 Å². The first-order chi connectivity index (χ1) is 10.9. The fourth-order valence-corrected chi connectivity index (χ4v) is 2.45. The molecule has 1 atom stereocenters. The molecule has 10 nitrogen and oxygen atoms in total. The van der Waals surface area contributed by atoms with E-state index in [0.717, 1.165) is 4.90 Å². The number of aryl methyl sites for hydroxylation is 1. The predicted octanol–water partition coefficient (Wildman–Crippen LogP) is -0.733. The first kappa shape index (κ1) is 14.9.